The molecule has 0 N–H and O–H groups in total. The first-order valence-corrected chi connectivity index (χ1v) is 6.76. The molecule has 0 aliphatic heterocycles. The molecule has 0 bridgehead atoms. The average Bonchev–Trinajstić information content (AvgIpc) is 2.23. The Morgan fingerprint density at radius 1 is 1.06 bits per heavy atom. The van der Waals surface area contributed by atoms with Gasteiger partial charge < -0.3 is 0 Å². The van der Waals surface area contributed by atoms with Gasteiger partial charge in [-0.2, -0.15) is 25.3 Å². The Balaban J connectivity index is 4.04. The van der Waals surface area contributed by atoms with Crippen LogP contribution in [0.15, 0.2) is 9.98 Å². The highest BCUT2D eigenvalue weighted by molar-refractivity contribution is 8.18. The van der Waals surface area contributed by atoms with Crippen LogP contribution in [-0.2, 0) is 13.2 Å². The summed E-state index contributed by atoms with van der Waals surface area (Å²) >= 11 is 10.6. The van der Waals surface area contributed by atoms with E-state index in [1.54, 1.807) is 13.8 Å². The molecular weight excluding hydrogens is 300 g/mol. The summed E-state index contributed by atoms with van der Waals surface area (Å²) < 4.78 is 3.98. The van der Waals surface area contributed by atoms with Crippen molar-refractivity contribution in [2.75, 3.05) is 13.1 Å². The van der Waals surface area contributed by atoms with Crippen molar-refractivity contribution in [1.82, 2.24) is 0 Å². The predicted octanol–water partition coefficient (Wildman–Crippen LogP) is 2.26. The van der Waals surface area contributed by atoms with Crippen LogP contribution in [0, 0.1) is 0 Å². The SMILES string of the molecule is CC(S)(CN=C=O)SOSC(C)(S)CN=C=O. The van der Waals surface area contributed by atoms with E-state index >= 15 is 0 Å². The minimum Gasteiger partial charge on any atom is -0.244 e. The molecule has 2 unspecified atom stereocenters. The van der Waals surface area contributed by atoms with Gasteiger partial charge in [0.15, 0.2) is 0 Å². The summed E-state index contributed by atoms with van der Waals surface area (Å²) in [5.74, 6) is 0. The molecule has 0 saturated heterocycles. The smallest absolute Gasteiger partial charge is 0.235 e. The Hall–Kier alpha value is 0.120. The summed E-state index contributed by atoms with van der Waals surface area (Å²) in [6.45, 7) is 3.87. The van der Waals surface area contributed by atoms with Crippen LogP contribution in [0.3, 0.4) is 0 Å². The van der Waals surface area contributed by atoms with Crippen molar-refractivity contribution in [2.24, 2.45) is 9.98 Å². The Morgan fingerprint density at radius 3 is 1.71 bits per heavy atom. The average molecular weight is 312 g/mol. The molecular formula is C8H12N2O3S4. The largest absolute Gasteiger partial charge is 0.244 e. The van der Waals surface area contributed by atoms with Crippen LogP contribution in [0.4, 0.5) is 0 Å². The fraction of sp³-hybridized carbons (Fsp3) is 0.750. The lowest BCUT2D eigenvalue weighted by Gasteiger charge is -2.22. The van der Waals surface area contributed by atoms with Gasteiger partial charge in [0.2, 0.25) is 12.2 Å². The lowest BCUT2D eigenvalue weighted by Crippen LogP contribution is -2.18. The predicted molar refractivity (Wildman–Crippen MR) is 77.0 cm³/mol. The molecule has 0 spiro atoms. The van der Waals surface area contributed by atoms with Crippen LogP contribution in [0.1, 0.15) is 13.8 Å². The van der Waals surface area contributed by atoms with E-state index in [1.807, 2.05) is 0 Å². The summed E-state index contributed by atoms with van der Waals surface area (Å²) in [6.07, 6.45) is 2.87. The van der Waals surface area contributed by atoms with Crippen molar-refractivity contribution in [3.05, 3.63) is 0 Å². The molecule has 0 aromatic carbocycles. The van der Waals surface area contributed by atoms with Crippen molar-refractivity contribution in [3.8, 4) is 0 Å². The topological polar surface area (TPSA) is 68.1 Å². The molecule has 96 valence electrons. The highest BCUT2D eigenvalue weighted by atomic mass is 32.3. The van der Waals surface area contributed by atoms with Gasteiger partial charge >= 0.3 is 0 Å². The monoisotopic (exact) mass is 312 g/mol. The molecule has 0 aromatic heterocycles. The summed E-state index contributed by atoms with van der Waals surface area (Å²) in [6, 6.07) is 0. The maximum Gasteiger partial charge on any atom is 0.235 e. The number of rotatable bonds is 8. The molecule has 9 heteroatoms. The fourth-order valence-electron chi connectivity index (χ4n) is 0.574. The van der Waals surface area contributed by atoms with Gasteiger partial charge in [-0.05, 0) is 13.8 Å². The van der Waals surface area contributed by atoms with Gasteiger partial charge in [0.1, 0.15) is 8.16 Å². The second kappa shape index (κ2) is 8.26. The molecule has 0 aromatic rings. The minimum absolute atomic E-state index is 0.181. The summed E-state index contributed by atoms with van der Waals surface area (Å²) in [4.78, 5) is 26.8. The maximum atomic E-state index is 9.96. The molecule has 0 saturated carbocycles. The highest BCUT2D eigenvalue weighted by Gasteiger charge is 2.26. The number of nitrogens with zero attached hydrogens (tertiary/aromatic N) is 2. The van der Waals surface area contributed by atoms with Gasteiger partial charge in [-0.1, -0.05) is 0 Å². The van der Waals surface area contributed by atoms with Crippen LogP contribution in [0.25, 0.3) is 0 Å². The number of isocyanates is 2. The quantitative estimate of drug-likeness (QED) is 0.237. The number of hydrogen-bond donors (Lipinski definition) is 2. The van der Waals surface area contributed by atoms with Crippen LogP contribution in [0.5, 0.6) is 0 Å². The Morgan fingerprint density at radius 2 is 1.41 bits per heavy atom. The van der Waals surface area contributed by atoms with Gasteiger partial charge in [0, 0.05) is 24.1 Å². The van der Waals surface area contributed by atoms with Gasteiger partial charge in [-0.3, -0.25) is 0 Å². The molecule has 0 fully saturated rings. The van der Waals surface area contributed by atoms with Crippen LogP contribution >= 0.6 is 49.3 Å². The van der Waals surface area contributed by atoms with Gasteiger partial charge in [-0.15, -0.1) is 0 Å². The second-order valence-corrected chi connectivity index (χ2v) is 8.66. The first kappa shape index (κ1) is 17.1. The van der Waals surface area contributed by atoms with Crippen LogP contribution in [-0.4, -0.2) is 33.4 Å². The first-order chi connectivity index (χ1) is 7.83. The van der Waals surface area contributed by atoms with E-state index in [4.69, 9.17) is 3.63 Å². The van der Waals surface area contributed by atoms with E-state index in [9.17, 15) is 9.59 Å². The molecule has 0 rings (SSSR count). The van der Waals surface area contributed by atoms with Crippen molar-refractivity contribution < 1.29 is 13.2 Å². The number of hydrogen-bond acceptors (Lipinski definition) is 9. The number of thiol groups is 2. The normalized spacial score (nSPS) is 17.2. The molecule has 17 heavy (non-hydrogen) atoms. The van der Waals surface area contributed by atoms with E-state index in [2.05, 4.69) is 35.2 Å². The third-order valence-corrected chi connectivity index (χ3v) is 3.55. The molecule has 0 heterocycles. The molecule has 0 aliphatic carbocycles. The van der Waals surface area contributed by atoms with Gasteiger partial charge in [0.05, 0.1) is 13.1 Å². The summed E-state index contributed by atoms with van der Waals surface area (Å²) in [5.41, 5.74) is 0. The van der Waals surface area contributed by atoms with Crippen LogP contribution in [0.2, 0.25) is 0 Å². The van der Waals surface area contributed by atoms with Crippen molar-refractivity contribution in [2.45, 2.75) is 22.0 Å². The minimum atomic E-state index is -0.637. The Kier molecular flexibility index (Phi) is 8.32. The van der Waals surface area contributed by atoms with E-state index < -0.39 is 8.16 Å². The van der Waals surface area contributed by atoms with Crippen LogP contribution < -0.4 is 0 Å². The van der Waals surface area contributed by atoms with Crippen molar-refractivity contribution in [3.63, 3.8) is 0 Å². The molecule has 0 aliphatic rings. The third-order valence-electron chi connectivity index (χ3n) is 1.30. The van der Waals surface area contributed by atoms with E-state index in [1.165, 1.54) is 12.2 Å². The Bertz CT molecular complexity index is 304. The maximum absolute atomic E-state index is 9.96. The molecule has 0 radical (unpaired) electrons. The summed E-state index contributed by atoms with van der Waals surface area (Å²) in [5, 5.41) is 0. The zero-order valence-corrected chi connectivity index (χ0v) is 12.7. The zero-order chi connectivity index (χ0) is 13.4. The van der Waals surface area contributed by atoms with Gasteiger partial charge in [0.25, 0.3) is 0 Å². The van der Waals surface area contributed by atoms with Crippen molar-refractivity contribution >= 4 is 61.5 Å². The third kappa shape index (κ3) is 9.79. The Labute approximate surface area is 119 Å². The fourth-order valence-corrected chi connectivity index (χ4v) is 2.81. The standard InChI is InChI=1S/C8H12N2O3S4/c1-7(14,3-9-5-11)16-13-17-8(2,15)4-10-6-12/h14-15H,3-4H2,1-2H3. The first-order valence-electron chi connectivity index (χ1n) is 4.38. The van der Waals surface area contributed by atoms with Gasteiger partial charge in [-0.25, -0.2) is 23.2 Å². The number of carbonyl (C=O) groups excluding carboxylic acids is 2. The van der Waals surface area contributed by atoms with Crippen molar-refractivity contribution in [1.29, 1.82) is 0 Å². The lowest BCUT2D eigenvalue weighted by molar-refractivity contribution is 0.562. The number of aliphatic imine (C=N–C) groups is 2. The molecule has 0 amide bonds. The summed E-state index contributed by atoms with van der Waals surface area (Å²) in [7, 11) is 0. The molecule has 2 atom stereocenters. The second-order valence-electron chi connectivity index (χ2n) is 3.40. The highest BCUT2D eigenvalue weighted by Crippen LogP contribution is 2.39. The zero-order valence-electron chi connectivity index (χ0n) is 9.24. The molecule has 5 nitrogen and oxygen atoms in total. The van der Waals surface area contributed by atoms with E-state index in [-0.39, 0.29) is 13.1 Å². The van der Waals surface area contributed by atoms with E-state index in [0.29, 0.717) is 0 Å². The lowest BCUT2D eigenvalue weighted by atomic mass is 10.5. The van der Waals surface area contributed by atoms with E-state index in [0.717, 1.165) is 24.1 Å².